The summed E-state index contributed by atoms with van der Waals surface area (Å²) in [4.78, 5) is 28.9. The standard InChI is InChI=1S/C31H36FN3O5S/c1-3-29(31(37)33-25-11-7-8-12-25)34(21-23-10-9-15-27(20-23)40-2)30(36)22-35(26-13-5-4-6-14-26)41(38,39)28-18-16-24(32)17-19-28/h4-6,9-10,13-20,25,29H,3,7-8,11-12,21-22H2,1-2H3,(H,33,37)/t29-/m1/s1. The Hall–Kier alpha value is -3.92. The second-order valence-corrected chi connectivity index (χ2v) is 12.0. The zero-order valence-electron chi connectivity index (χ0n) is 23.3. The molecule has 1 saturated carbocycles. The van der Waals surface area contributed by atoms with E-state index in [1.54, 1.807) is 55.6 Å². The number of benzene rings is 3. The van der Waals surface area contributed by atoms with Crippen molar-refractivity contribution >= 4 is 27.5 Å². The molecular formula is C31H36FN3O5S. The number of sulfonamides is 1. The number of para-hydroxylation sites is 1. The minimum atomic E-state index is -4.26. The lowest BCUT2D eigenvalue weighted by molar-refractivity contribution is -0.140. The maximum absolute atomic E-state index is 14.1. The van der Waals surface area contributed by atoms with Gasteiger partial charge in [-0.2, -0.15) is 0 Å². The predicted octanol–water partition coefficient (Wildman–Crippen LogP) is 4.90. The zero-order valence-corrected chi connectivity index (χ0v) is 24.1. The predicted molar refractivity (Wildman–Crippen MR) is 155 cm³/mol. The van der Waals surface area contributed by atoms with Crippen LogP contribution >= 0.6 is 0 Å². The van der Waals surface area contributed by atoms with Gasteiger partial charge < -0.3 is 15.0 Å². The minimum absolute atomic E-state index is 0.0602. The van der Waals surface area contributed by atoms with Gasteiger partial charge in [0, 0.05) is 12.6 Å². The first-order valence-corrected chi connectivity index (χ1v) is 15.2. The van der Waals surface area contributed by atoms with Crippen molar-refractivity contribution < 1.29 is 27.1 Å². The molecule has 0 heterocycles. The number of carbonyl (C=O) groups is 2. The normalized spacial score (nSPS) is 14.3. The molecule has 0 aliphatic heterocycles. The van der Waals surface area contributed by atoms with Crippen LogP contribution in [0.4, 0.5) is 10.1 Å². The number of carbonyl (C=O) groups excluding carboxylic acids is 2. The van der Waals surface area contributed by atoms with E-state index in [0.29, 0.717) is 12.2 Å². The number of anilines is 1. The Morgan fingerprint density at radius 1 is 1.00 bits per heavy atom. The molecule has 3 aromatic rings. The van der Waals surface area contributed by atoms with Crippen LogP contribution in [0.5, 0.6) is 5.75 Å². The monoisotopic (exact) mass is 581 g/mol. The van der Waals surface area contributed by atoms with Gasteiger partial charge in [0.25, 0.3) is 10.0 Å². The summed E-state index contributed by atoms with van der Waals surface area (Å²) in [5.74, 6) is -0.781. The van der Waals surface area contributed by atoms with Crippen LogP contribution in [0.3, 0.4) is 0 Å². The maximum Gasteiger partial charge on any atom is 0.264 e. The first kappa shape index (κ1) is 30.0. The first-order chi connectivity index (χ1) is 19.7. The van der Waals surface area contributed by atoms with Gasteiger partial charge in [0.05, 0.1) is 17.7 Å². The third kappa shape index (κ3) is 7.43. The second kappa shape index (κ2) is 13.6. The maximum atomic E-state index is 14.1. The molecule has 0 aromatic heterocycles. The van der Waals surface area contributed by atoms with Gasteiger partial charge in [0.2, 0.25) is 11.8 Å². The van der Waals surface area contributed by atoms with Gasteiger partial charge >= 0.3 is 0 Å². The third-order valence-electron chi connectivity index (χ3n) is 7.30. The van der Waals surface area contributed by atoms with Crippen LogP contribution in [-0.4, -0.2) is 50.9 Å². The number of methoxy groups -OCH3 is 1. The summed E-state index contributed by atoms with van der Waals surface area (Å²) in [7, 11) is -2.71. The number of halogens is 1. The molecule has 1 N–H and O–H groups in total. The van der Waals surface area contributed by atoms with E-state index in [1.807, 2.05) is 13.0 Å². The Balaban J connectivity index is 1.70. The van der Waals surface area contributed by atoms with Crippen molar-refractivity contribution in [2.24, 2.45) is 0 Å². The van der Waals surface area contributed by atoms with Gasteiger partial charge in [-0.05, 0) is 73.4 Å². The highest BCUT2D eigenvalue weighted by Gasteiger charge is 2.34. The van der Waals surface area contributed by atoms with Crippen LogP contribution in [0, 0.1) is 5.82 Å². The highest BCUT2D eigenvalue weighted by molar-refractivity contribution is 7.92. The van der Waals surface area contributed by atoms with Gasteiger partial charge in [0.1, 0.15) is 24.2 Å². The van der Waals surface area contributed by atoms with E-state index < -0.39 is 34.3 Å². The van der Waals surface area contributed by atoms with Gasteiger partial charge in [-0.15, -0.1) is 0 Å². The molecule has 41 heavy (non-hydrogen) atoms. The van der Waals surface area contributed by atoms with Crippen molar-refractivity contribution in [3.63, 3.8) is 0 Å². The Bertz CT molecular complexity index is 1430. The molecule has 0 unspecified atom stereocenters. The van der Waals surface area contributed by atoms with Crippen LogP contribution in [-0.2, 0) is 26.2 Å². The summed E-state index contributed by atoms with van der Waals surface area (Å²) in [6.45, 7) is 1.35. The molecule has 1 aliphatic carbocycles. The molecule has 10 heteroatoms. The third-order valence-corrected chi connectivity index (χ3v) is 9.09. The molecule has 1 fully saturated rings. The van der Waals surface area contributed by atoms with Crippen LogP contribution in [0.15, 0.2) is 83.8 Å². The van der Waals surface area contributed by atoms with Crippen LogP contribution in [0.1, 0.15) is 44.6 Å². The summed E-state index contributed by atoms with van der Waals surface area (Å²) in [5.41, 5.74) is 1.01. The SMILES string of the molecule is CC[C@H](C(=O)NC1CCCC1)N(Cc1cccc(OC)c1)C(=O)CN(c1ccccc1)S(=O)(=O)c1ccc(F)cc1. The van der Waals surface area contributed by atoms with Crippen LogP contribution in [0.25, 0.3) is 0 Å². The summed E-state index contributed by atoms with van der Waals surface area (Å²) in [5, 5.41) is 3.10. The lowest BCUT2D eigenvalue weighted by Crippen LogP contribution is -2.53. The zero-order chi connectivity index (χ0) is 29.4. The summed E-state index contributed by atoms with van der Waals surface area (Å²) >= 11 is 0. The van der Waals surface area contributed by atoms with Crippen LogP contribution in [0.2, 0.25) is 0 Å². The molecule has 8 nitrogen and oxygen atoms in total. The number of hydrogen-bond acceptors (Lipinski definition) is 5. The molecular weight excluding hydrogens is 545 g/mol. The number of ether oxygens (including phenoxy) is 1. The van der Waals surface area contributed by atoms with E-state index in [4.69, 9.17) is 4.74 Å². The van der Waals surface area contributed by atoms with E-state index in [1.165, 1.54) is 17.0 Å². The number of nitrogens with zero attached hydrogens (tertiary/aromatic N) is 2. The molecule has 2 amide bonds. The highest BCUT2D eigenvalue weighted by Crippen LogP contribution is 2.26. The summed E-state index contributed by atoms with van der Waals surface area (Å²) in [6, 6.07) is 19.2. The lowest BCUT2D eigenvalue weighted by Gasteiger charge is -2.33. The van der Waals surface area contributed by atoms with E-state index in [0.717, 1.165) is 47.7 Å². The Morgan fingerprint density at radius 3 is 2.32 bits per heavy atom. The van der Waals surface area contributed by atoms with Gasteiger partial charge in [-0.25, -0.2) is 12.8 Å². The smallest absolute Gasteiger partial charge is 0.264 e. The molecule has 3 aromatic carbocycles. The van der Waals surface area contributed by atoms with E-state index in [9.17, 15) is 22.4 Å². The highest BCUT2D eigenvalue weighted by atomic mass is 32.2. The number of nitrogens with one attached hydrogen (secondary N) is 1. The minimum Gasteiger partial charge on any atom is -0.497 e. The molecule has 0 bridgehead atoms. The molecule has 0 spiro atoms. The quantitative estimate of drug-likeness (QED) is 0.329. The average molecular weight is 582 g/mol. The fraction of sp³-hybridized carbons (Fsp3) is 0.355. The molecule has 218 valence electrons. The van der Waals surface area contributed by atoms with Crippen molar-refractivity contribution in [3.05, 3.63) is 90.2 Å². The number of rotatable bonds is 12. The van der Waals surface area contributed by atoms with Gasteiger partial charge in [-0.1, -0.05) is 50.1 Å². The van der Waals surface area contributed by atoms with Crippen molar-refractivity contribution in [3.8, 4) is 5.75 Å². The summed E-state index contributed by atoms with van der Waals surface area (Å²) < 4.78 is 47.5. The summed E-state index contributed by atoms with van der Waals surface area (Å²) in [6.07, 6.45) is 4.21. The fourth-order valence-corrected chi connectivity index (χ4v) is 6.53. The lowest BCUT2D eigenvalue weighted by atomic mass is 10.1. The second-order valence-electron chi connectivity index (χ2n) is 10.1. The Kier molecular flexibility index (Phi) is 9.99. The van der Waals surface area contributed by atoms with Crippen molar-refractivity contribution in [1.82, 2.24) is 10.2 Å². The molecule has 0 saturated heterocycles. The van der Waals surface area contributed by atoms with Crippen LogP contribution < -0.4 is 14.4 Å². The average Bonchev–Trinajstić information content (AvgIpc) is 3.49. The van der Waals surface area contributed by atoms with Gasteiger partial charge in [-0.3, -0.25) is 13.9 Å². The first-order valence-electron chi connectivity index (χ1n) is 13.8. The largest absolute Gasteiger partial charge is 0.497 e. The van der Waals surface area contributed by atoms with Crippen molar-refractivity contribution in [2.45, 2.75) is 62.6 Å². The van der Waals surface area contributed by atoms with Gasteiger partial charge in [0.15, 0.2) is 0 Å². The Morgan fingerprint density at radius 2 is 1.68 bits per heavy atom. The van der Waals surface area contributed by atoms with E-state index in [2.05, 4.69) is 5.32 Å². The van der Waals surface area contributed by atoms with E-state index >= 15 is 0 Å². The molecule has 0 radical (unpaired) electrons. The molecule has 1 atom stereocenters. The topological polar surface area (TPSA) is 96.0 Å². The fourth-order valence-electron chi connectivity index (χ4n) is 5.11. The number of amides is 2. The molecule has 4 rings (SSSR count). The molecule has 1 aliphatic rings. The number of hydrogen-bond donors (Lipinski definition) is 1. The van der Waals surface area contributed by atoms with E-state index in [-0.39, 0.29) is 29.1 Å². The van der Waals surface area contributed by atoms with Crippen molar-refractivity contribution in [1.29, 1.82) is 0 Å². The Labute approximate surface area is 241 Å². The van der Waals surface area contributed by atoms with Crippen molar-refractivity contribution in [2.75, 3.05) is 18.0 Å².